The van der Waals surface area contributed by atoms with E-state index in [-0.39, 0.29) is 0 Å². The summed E-state index contributed by atoms with van der Waals surface area (Å²) in [5, 5.41) is 7.87. The Morgan fingerprint density at radius 2 is 1.26 bits per heavy atom. The number of carbonyl (C=O) groups is 1. The predicted octanol–water partition coefficient (Wildman–Crippen LogP) is 4.29. The summed E-state index contributed by atoms with van der Waals surface area (Å²) in [4.78, 5) is 9.57. The minimum atomic E-state index is -0.963. The SMILES string of the molecule is CC(N)C(=O)O.CCCCP(CCCC)CCCC. The maximum absolute atomic E-state index is 9.57. The van der Waals surface area contributed by atoms with Crippen molar-refractivity contribution >= 4 is 13.9 Å². The second-order valence-corrected chi connectivity index (χ2v) is 7.71. The van der Waals surface area contributed by atoms with Crippen LogP contribution in [0.15, 0.2) is 0 Å². The zero-order chi connectivity index (χ0) is 15.1. The maximum atomic E-state index is 9.57. The van der Waals surface area contributed by atoms with Gasteiger partial charge in [-0.3, -0.25) is 4.79 Å². The fraction of sp³-hybridized carbons (Fsp3) is 0.933. The average molecular weight is 291 g/mol. The number of carboxylic acids is 1. The Balaban J connectivity index is 0. The number of rotatable bonds is 10. The highest BCUT2D eigenvalue weighted by molar-refractivity contribution is 7.57. The van der Waals surface area contributed by atoms with Crippen LogP contribution < -0.4 is 5.73 Å². The molecule has 0 aliphatic heterocycles. The van der Waals surface area contributed by atoms with Crippen molar-refractivity contribution in [1.29, 1.82) is 0 Å². The van der Waals surface area contributed by atoms with Gasteiger partial charge in [-0.05, 0) is 44.7 Å². The van der Waals surface area contributed by atoms with E-state index in [1.54, 1.807) is 18.5 Å². The molecule has 0 radical (unpaired) electrons. The molecule has 0 amide bonds. The van der Waals surface area contributed by atoms with Crippen molar-refractivity contribution in [2.75, 3.05) is 18.5 Å². The third-order valence-corrected chi connectivity index (χ3v) is 5.72. The first-order valence-corrected chi connectivity index (χ1v) is 9.59. The molecule has 1 unspecified atom stereocenters. The first kappa shape index (κ1) is 21.2. The van der Waals surface area contributed by atoms with Crippen LogP contribution in [0.2, 0.25) is 0 Å². The molecule has 0 heterocycles. The fourth-order valence-corrected chi connectivity index (χ4v) is 4.44. The van der Waals surface area contributed by atoms with Crippen molar-refractivity contribution in [1.82, 2.24) is 0 Å². The van der Waals surface area contributed by atoms with Gasteiger partial charge in [0, 0.05) is 0 Å². The summed E-state index contributed by atoms with van der Waals surface area (Å²) in [6, 6.07) is -0.731. The monoisotopic (exact) mass is 291 g/mol. The lowest BCUT2D eigenvalue weighted by Gasteiger charge is -2.16. The minimum Gasteiger partial charge on any atom is -0.480 e. The molecule has 0 aliphatic carbocycles. The molecular weight excluding hydrogens is 257 g/mol. The molecule has 0 fully saturated rings. The average Bonchev–Trinajstić information content (AvgIpc) is 2.38. The Labute approximate surface area is 121 Å². The van der Waals surface area contributed by atoms with Crippen molar-refractivity contribution in [3.63, 3.8) is 0 Å². The van der Waals surface area contributed by atoms with Crippen LogP contribution in [0.25, 0.3) is 0 Å². The van der Waals surface area contributed by atoms with Gasteiger partial charge in [-0.1, -0.05) is 40.0 Å². The minimum absolute atomic E-state index is 0.422. The molecule has 0 aromatic rings. The third kappa shape index (κ3) is 17.9. The Kier molecular flexibility index (Phi) is 17.7. The first-order valence-electron chi connectivity index (χ1n) is 7.70. The molecule has 1 atom stereocenters. The summed E-state index contributed by atoms with van der Waals surface area (Å²) in [5.74, 6) is -0.963. The molecule has 0 bridgehead atoms. The van der Waals surface area contributed by atoms with Gasteiger partial charge in [0.25, 0.3) is 0 Å². The normalized spacial score (nSPS) is 11.9. The van der Waals surface area contributed by atoms with Gasteiger partial charge < -0.3 is 10.8 Å². The molecule has 4 heteroatoms. The van der Waals surface area contributed by atoms with E-state index in [1.165, 1.54) is 45.4 Å². The second-order valence-electron chi connectivity index (χ2n) is 5.03. The Morgan fingerprint density at radius 1 is 1.00 bits per heavy atom. The number of nitrogens with two attached hydrogens (primary N) is 1. The standard InChI is InChI=1S/C12H27P.C3H7NO2/c1-4-7-10-13(11-8-5-2)12-9-6-3;1-2(4)3(5)6/h4-12H2,1-3H3;2H,4H2,1H3,(H,5,6). The molecule has 0 aliphatic rings. The fourth-order valence-electron chi connectivity index (χ4n) is 1.48. The molecule has 116 valence electrons. The van der Waals surface area contributed by atoms with Gasteiger partial charge in [0.05, 0.1) is 0 Å². The van der Waals surface area contributed by atoms with Crippen LogP contribution in [-0.2, 0) is 4.79 Å². The van der Waals surface area contributed by atoms with E-state index in [1.807, 2.05) is 0 Å². The zero-order valence-electron chi connectivity index (χ0n) is 13.3. The number of aliphatic carboxylic acids is 1. The highest BCUT2D eigenvalue weighted by atomic mass is 31.1. The number of hydrogen-bond acceptors (Lipinski definition) is 2. The quantitative estimate of drug-likeness (QED) is 0.590. The Morgan fingerprint density at radius 3 is 1.42 bits per heavy atom. The summed E-state index contributed by atoms with van der Waals surface area (Å²) >= 11 is 0. The highest BCUT2D eigenvalue weighted by Gasteiger charge is 2.05. The zero-order valence-corrected chi connectivity index (χ0v) is 14.2. The van der Waals surface area contributed by atoms with Crippen LogP contribution in [-0.4, -0.2) is 35.6 Å². The van der Waals surface area contributed by atoms with Gasteiger partial charge in [-0.2, -0.15) is 0 Å². The lowest BCUT2D eigenvalue weighted by Crippen LogP contribution is -2.25. The van der Waals surface area contributed by atoms with Crippen molar-refractivity contribution in [2.45, 2.75) is 72.3 Å². The number of hydrogen-bond donors (Lipinski definition) is 2. The molecule has 0 saturated heterocycles. The molecule has 0 spiro atoms. The number of carboxylic acid groups (broad SMARTS) is 1. The topological polar surface area (TPSA) is 63.3 Å². The lowest BCUT2D eigenvalue weighted by atomic mass is 10.4. The molecule has 19 heavy (non-hydrogen) atoms. The summed E-state index contributed by atoms with van der Waals surface area (Å²) < 4.78 is 0. The largest absolute Gasteiger partial charge is 0.480 e. The van der Waals surface area contributed by atoms with E-state index in [2.05, 4.69) is 20.8 Å². The molecule has 0 saturated carbocycles. The van der Waals surface area contributed by atoms with Crippen LogP contribution >= 0.6 is 7.92 Å². The first-order chi connectivity index (χ1) is 8.99. The summed E-state index contributed by atoms with van der Waals surface area (Å²) in [6.07, 6.45) is 13.2. The lowest BCUT2D eigenvalue weighted by molar-refractivity contribution is -0.138. The van der Waals surface area contributed by atoms with E-state index in [0.29, 0.717) is 7.92 Å². The van der Waals surface area contributed by atoms with Crippen molar-refractivity contribution in [3.8, 4) is 0 Å². The smallest absolute Gasteiger partial charge is 0.320 e. The van der Waals surface area contributed by atoms with E-state index in [9.17, 15) is 4.79 Å². The van der Waals surface area contributed by atoms with Crippen LogP contribution in [0.1, 0.15) is 66.2 Å². The van der Waals surface area contributed by atoms with Crippen LogP contribution in [0.5, 0.6) is 0 Å². The maximum Gasteiger partial charge on any atom is 0.320 e. The van der Waals surface area contributed by atoms with Crippen LogP contribution in [0.3, 0.4) is 0 Å². The van der Waals surface area contributed by atoms with Gasteiger partial charge in [-0.25, -0.2) is 0 Å². The van der Waals surface area contributed by atoms with Crippen molar-refractivity contribution < 1.29 is 9.90 Å². The van der Waals surface area contributed by atoms with Gasteiger partial charge >= 0.3 is 5.97 Å². The molecule has 0 aromatic carbocycles. The van der Waals surface area contributed by atoms with Gasteiger partial charge in [0.2, 0.25) is 0 Å². The molecule has 0 aromatic heterocycles. The molecular formula is C15H34NO2P. The number of unbranched alkanes of at least 4 members (excludes halogenated alkanes) is 3. The predicted molar refractivity (Wildman–Crippen MR) is 87.5 cm³/mol. The summed E-state index contributed by atoms with van der Waals surface area (Å²) in [6.45, 7) is 8.36. The van der Waals surface area contributed by atoms with Crippen molar-refractivity contribution in [2.24, 2.45) is 5.73 Å². The molecule has 3 nitrogen and oxygen atoms in total. The van der Waals surface area contributed by atoms with Gasteiger partial charge in [0.1, 0.15) is 6.04 Å². The molecule has 0 rings (SSSR count). The van der Waals surface area contributed by atoms with Crippen LogP contribution in [0, 0.1) is 0 Å². The second kappa shape index (κ2) is 15.9. The summed E-state index contributed by atoms with van der Waals surface area (Å²) in [7, 11) is 0.422. The Bertz CT molecular complexity index is 180. The Hall–Kier alpha value is -0.140. The third-order valence-electron chi connectivity index (χ3n) is 2.87. The highest BCUT2D eigenvalue weighted by Crippen LogP contribution is 2.38. The van der Waals surface area contributed by atoms with E-state index in [4.69, 9.17) is 10.8 Å². The van der Waals surface area contributed by atoms with Gasteiger partial charge in [0.15, 0.2) is 0 Å². The van der Waals surface area contributed by atoms with Crippen LogP contribution in [0.4, 0.5) is 0 Å². The van der Waals surface area contributed by atoms with Crippen molar-refractivity contribution in [3.05, 3.63) is 0 Å². The molecule has 3 N–H and O–H groups in total. The summed E-state index contributed by atoms with van der Waals surface area (Å²) in [5.41, 5.74) is 4.84. The van der Waals surface area contributed by atoms with E-state index in [0.717, 1.165) is 0 Å². The van der Waals surface area contributed by atoms with Gasteiger partial charge in [-0.15, -0.1) is 7.92 Å². The van der Waals surface area contributed by atoms with E-state index < -0.39 is 12.0 Å². The van der Waals surface area contributed by atoms with E-state index >= 15 is 0 Å².